The highest BCUT2D eigenvalue weighted by molar-refractivity contribution is 5.88. The van der Waals surface area contributed by atoms with Crippen LogP contribution in [0.25, 0.3) is 22.4 Å². The zero-order valence-corrected chi connectivity index (χ0v) is 12.1. The second-order valence-corrected chi connectivity index (χ2v) is 4.83. The lowest BCUT2D eigenvalue weighted by molar-refractivity contribution is 0.415. The average molecular weight is 279 g/mol. The van der Waals surface area contributed by atoms with E-state index < -0.39 is 0 Å². The first-order valence-electron chi connectivity index (χ1n) is 6.73. The fraction of sp³-hybridized carbons (Fsp3) is 0.118. The SMILES string of the molecule is COc1ccc(-c2c(-c3ccccc3)nn(C)c2N)cc1. The Kier molecular flexibility index (Phi) is 3.36. The lowest BCUT2D eigenvalue weighted by Crippen LogP contribution is -1.98. The number of anilines is 1. The molecule has 1 heterocycles. The van der Waals surface area contributed by atoms with E-state index in [1.54, 1.807) is 11.8 Å². The van der Waals surface area contributed by atoms with E-state index in [1.165, 1.54) is 0 Å². The molecule has 106 valence electrons. The van der Waals surface area contributed by atoms with Crippen LogP contribution in [-0.2, 0) is 7.05 Å². The van der Waals surface area contributed by atoms with Crippen LogP contribution in [0.1, 0.15) is 0 Å². The highest BCUT2D eigenvalue weighted by Crippen LogP contribution is 2.36. The number of ether oxygens (including phenoxy) is 1. The summed E-state index contributed by atoms with van der Waals surface area (Å²) in [5.41, 5.74) is 10.1. The Morgan fingerprint density at radius 2 is 1.62 bits per heavy atom. The van der Waals surface area contributed by atoms with Gasteiger partial charge in [-0.15, -0.1) is 0 Å². The van der Waals surface area contributed by atoms with Crippen molar-refractivity contribution in [2.75, 3.05) is 12.8 Å². The van der Waals surface area contributed by atoms with Gasteiger partial charge >= 0.3 is 0 Å². The maximum absolute atomic E-state index is 6.21. The fourth-order valence-electron chi connectivity index (χ4n) is 2.38. The molecule has 2 aromatic carbocycles. The number of hydrogen-bond donors (Lipinski definition) is 1. The first-order valence-corrected chi connectivity index (χ1v) is 6.73. The van der Waals surface area contributed by atoms with Crippen molar-refractivity contribution in [3.05, 3.63) is 54.6 Å². The highest BCUT2D eigenvalue weighted by Gasteiger charge is 2.17. The molecule has 0 aliphatic carbocycles. The van der Waals surface area contributed by atoms with Crippen molar-refractivity contribution in [1.82, 2.24) is 9.78 Å². The second-order valence-electron chi connectivity index (χ2n) is 4.83. The van der Waals surface area contributed by atoms with Crippen molar-refractivity contribution in [3.8, 4) is 28.1 Å². The van der Waals surface area contributed by atoms with E-state index in [1.807, 2.05) is 61.6 Å². The molecule has 3 rings (SSSR count). The second kappa shape index (κ2) is 5.32. The third kappa shape index (κ3) is 2.36. The van der Waals surface area contributed by atoms with Crippen LogP contribution in [-0.4, -0.2) is 16.9 Å². The number of aromatic nitrogens is 2. The van der Waals surface area contributed by atoms with E-state index in [-0.39, 0.29) is 0 Å². The molecular formula is C17H17N3O. The number of nitrogens with two attached hydrogens (primary N) is 1. The third-order valence-electron chi connectivity index (χ3n) is 3.52. The molecule has 0 amide bonds. The molecular weight excluding hydrogens is 262 g/mol. The van der Waals surface area contributed by atoms with Crippen LogP contribution in [0.5, 0.6) is 5.75 Å². The van der Waals surface area contributed by atoms with Crippen LogP contribution in [0, 0.1) is 0 Å². The average Bonchev–Trinajstić information content (AvgIpc) is 2.84. The maximum Gasteiger partial charge on any atom is 0.129 e. The lowest BCUT2D eigenvalue weighted by atomic mass is 10.0. The molecule has 0 atom stereocenters. The van der Waals surface area contributed by atoms with Gasteiger partial charge < -0.3 is 10.5 Å². The van der Waals surface area contributed by atoms with Crippen LogP contribution in [0.4, 0.5) is 5.82 Å². The summed E-state index contributed by atoms with van der Waals surface area (Å²) in [5, 5.41) is 4.56. The van der Waals surface area contributed by atoms with E-state index in [0.29, 0.717) is 5.82 Å². The first kappa shape index (κ1) is 13.2. The number of benzene rings is 2. The van der Waals surface area contributed by atoms with Crippen LogP contribution in [0.3, 0.4) is 0 Å². The van der Waals surface area contributed by atoms with E-state index in [0.717, 1.165) is 28.1 Å². The van der Waals surface area contributed by atoms with Crippen LogP contribution in [0.15, 0.2) is 54.6 Å². The summed E-state index contributed by atoms with van der Waals surface area (Å²) in [4.78, 5) is 0. The number of methoxy groups -OCH3 is 1. The maximum atomic E-state index is 6.21. The predicted molar refractivity (Wildman–Crippen MR) is 85.0 cm³/mol. The van der Waals surface area contributed by atoms with Crippen molar-refractivity contribution in [2.24, 2.45) is 7.05 Å². The predicted octanol–water partition coefficient (Wildman–Crippen LogP) is 3.34. The van der Waals surface area contributed by atoms with E-state index in [2.05, 4.69) is 5.10 Å². The van der Waals surface area contributed by atoms with Crippen molar-refractivity contribution >= 4 is 5.82 Å². The van der Waals surface area contributed by atoms with Gasteiger partial charge in [-0.1, -0.05) is 42.5 Å². The minimum absolute atomic E-state index is 0.652. The molecule has 1 aromatic heterocycles. The fourth-order valence-corrected chi connectivity index (χ4v) is 2.38. The van der Waals surface area contributed by atoms with Crippen molar-refractivity contribution in [1.29, 1.82) is 0 Å². The van der Waals surface area contributed by atoms with Gasteiger partial charge in [0.15, 0.2) is 0 Å². The molecule has 0 saturated heterocycles. The summed E-state index contributed by atoms with van der Waals surface area (Å²) in [6, 6.07) is 17.9. The van der Waals surface area contributed by atoms with Gasteiger partial charge in [0, 0.05) is 12.6 Å². The molecule has 4 heteroatoms. The van der Waals surface area contributed by atoms with E-state index in [9.17, 15) is 0 Å². The molecule has 0 radical (unpaired) electrons. The van der Waals surface area contributed by atoms with Gasteiger partial charge in [-0.05, 0) is 17.7 Å². The molecule has 3 aromatic rings. The Labute approximate surface area is 123 Å². The summed E-state index contributed by atoms with van der Waals surface area (Å²) in [6.45, 7) is 0. The zero-order chi connectivity index (χ0) is 14.8. The molecule has 4 nitrogen and oxygen atoms in total. The topological polar surface area (TPSA) is 53.1 Å². The van der Waals surface area contributed by atoms with Gasteiger partial charge in [-0.25, -0.2) is 0 Å². The molecule has 0 aliphatic rings. The minimum Gasteiger partial charge on any atom is -0.497 e. The van der Waals surface area contributed by atoms with Crippen LogP contribution < -0.4 is 10.5 Å². The zero-order valence-electron chi connectivity index (χ0n) is 12.1. The summed E-state index contributed by atoms with van der Waals surface area (Å²) >= 11 is 0. The number of nitrogens with zero attached hydrogens (tertiary/aromatic N) is 2. The monoisotopic (exact) mass is 279 g/mol. The molecule has 0 spiro atoms. The van der Waals surface area contributed by atoms with Gasteiger partial charge in [0.05, 0.1) is 12.7 Å². The minimum atomic E-state index is 0.652. The van der Waals surface area contributed by atoms with E-state index in [4.69, 9.17) is 10.5 Å². The molecule has 0 unspecified atom stereocenters. The molecule has 21 heavy (non-hydrogen) atoms. The summed E-state index contributed by atoms with van der Waals surface area (Å²) in [5.74, 6) is 1.47. The Morgan fingerprint density at radius 1 is 0.952 bits per heavy atom. The van der Waals surface area contributed by atoms with Crippen LogP contribution in [0.2, 0.25) is 0 Å². The number of hydrogen-bond acceptors (Lipinski definition) is 3. The molecule has 0 saturated carbocycles. The normalized spacial score (nSPS) is 10.6. The van der Waals surface area contributed by atoms with Gasteiger partial charge in [-0.2, -0.15) is 5.10 Å². The molecule has 0 bridgehead atoms. The van der Waals surface area contributed by atoms with Gasteiger partial charge in [-0.3, -0.25) is 4.68 Å². The summed E-state index contributed by atoms with van der Waals surface area (Å²) in [6.07, 6.45) is 0. The van der Waals surface area contributed by atoms with Gasteiger partial charge in [0.1, 0.15) is 17.3 Å². The van der Waals surface area contributed by atoms with Crippen molar-refractivity contribution < 1.29 is 4.74 Å². The quantitative estimate of drug-likeness (QED) is 0.800. The standard InChI is InChI=1S/C17H17N3O/c1-20-17(18)15(12-8-10-14(21-2)11-9-12)16(19-20)13-6-4-3-5-7-13/h3-11H,18H2,1-2H3. The highest BCUT2D eigenvalue weighted by atomic mass is 16.5. The Balaban J connectivity index is 2.17. The third-order valence-corrected chi connectivity index (χ3v) is 3.52. The van der Waals surface area contributed by atoms with Crippen molar-refractivity contribution in [2.45, 2.75) is 0 Å². The smallest absolute Gasteiger partial charge is 0.129 e. The van der Waals surface area contributed by atoms with Crippen LogP contribution >= 0.6 is 0 Å². The summed E-state index contributed by atoms with van der Waals surface area (Å²) in [7, 11) is 3.51. The number of aryl methyl sites for hydroxylation is 1. The molecule has 0 fully saturated rings. The lowest BCUT2D eigenvalue weighted by Gasteiger charge is -2.06. The first-order chi connectivity index (χ1) is 10.2. The number of rotatable bonds is 3. The largest absolute Gasteiger partial charge is 0.497 e. The summed E-state index contributed by atoms with van der Waals surface area (Å²) < 4.78 is 6.91. The van der Waals surface area contributed by atoms with E-state index >= 15 is 0 Å². The van der Waals surface area contributed by atoms with Gasteiger partial charge in [0.25, 0.3) is 0 Å². The Morgan fingerprint density at radius 3 is 2.24 bits per heavy atom. The Hall–Kier alpha value is -2.75. The molecule has 2 N–H and O–H groups in total. The number of nitrogen functional groups attached to an aromatic ring is 1. The van der Waals surface area contributed by atoms with Gasteiger partial charge in [0.2, 0.25) is 0 Å². The Bertz CT molecular complexity index is 746. The molecule has 0 aliphatic heterocycles. The van der Waals surface area contributed by atoms with Crippen molar-refractivity contribution in [3.63, 3.8) is 0 Å².